The van der Waals surface area contributed by atoms with Crippen LogP contribution in [-0.4, -0.2) is 39.1 Å². The van der Waals surface area contributed by atoms with E-state index >= 15 is 0 Å². The molecule has 0 aliphatic rings. The highest BCUT2D eigenvalue weighted by molar-refractivity contribution is 9.10. The van der Waals surface area contributed by atoms with Crippen LogP contribution in [-0.2, 0) is 6.54 Å². The van der Waals surface area contributed by atoms with Gasteiger partial charge in [-0.15, -0.1) is 0 Å². The van der Waals surface area contributed by atoms with Crippen molar-refractivity contribution in [2.45, 2.75) is 6.54 Å². The van der Waals surface area contributed by atoms with Crippen LogP contribution in [0.4, 0.5) is 10.1 Å². The van der Waals surface area contributed by atoms with E-state index in [1.807, 2.05) is 32.1 Å². The van der Waals surface area contributed by atoms with Gasteiger partial charge in [0.25, 0.3) is 0 Å². The highest BCUT2D eigenvalue weighted by Gasteiger charge is 2.13. The van der Waals surface area contributed by atoms with E-state index in [0.717, 1.165) is 18.7 Å². The summed E-state index contributed by atoms with van der Waals surface area (Å²) in [7, 11) is 5.88. The van der Waals surface area contributed by atoms with Gasteiger partial charge < -0.3 is 15.5 Å². The minimum absolute atomic E-state index is 0.241. The molecule has 0 aliphatic heterocycles. The van der Waals surface area contributed by atoms with Gasteiger partial charge in [-0.25, -0.2) is 4.39 Å². The molecule has 0 atom stereocenters. The van der Waals surface area contributed by atoms with E-state index in [0.29, 0.717) is 16.7 Å². The van der Waals surface area contributed by atoms with Gasteiger partial charge in [0.2, 0.25) is 0 Å². The topological polar surface area (TPSA) is 32.5 Å². The lowest BCUT2D eigenvalue weighted by Gasteiger charge is -2.23. The molecule has 3 nitrogen and oxygen atoms in total. The molecule has 96 valence electrons. The summed E-state index contributed by atoms with van der Waals surface area (Å²) >= 11 is 3.25. The van der Waals surface area contributed by atoms with Crippen molar-refractivity contribution < 1.29 is 4.39 Å². The normalized spacial score (nSPS) is 11.0. The van der Waals surface area contributed by atoms with Gasteiger partial charge >= 0.3 is 0 Å². The van der Waals surface area contributed by atoms with Crippen LogP contribution in [0.25, 0.3) is 0 Å². The van der Waals surface area contributed by atoms with Crippen molar-refractivity contribution in [2.24, 2.45) is 5.73 Å². The maximum atomic E-state index is 14.1. The second-order valence-corrected chi connectivity index (χ2v) is 5.09. The summed E-state index contributed by atoms with van der Waals surface area (Å²) in [6.07, 6.45) is 0. The second kappa shape index (κ2) is 6.33. The van der Waals surface area contributed by atoms with Crippen molar-refractivity contribution in [1.82, 2.24) is 4.90 Å². The third-order valence-corrected chi connectivity index (χ3v) is 3.51. The number of nitrogens with two attached hydrogens (primary N) is 1. The van der Waals surface area contributed by atoms with Crippen molar-refractivity contribution in [3.8, 4) is 0 Å². The monoisotopic (exact) mass is 303 g/mol. The summed E-state index contributed by atoms with van der Waals surface area (Å²) in [5.74, 6) is -0.241. The number of likely N-dealkylation sites (N-methyl/N-ethyl adjacent to an activating group) is 2. The smallest absolute Gasteiger partial charge is 0.160 e. The first-order chi connectivity index (χ1) is 7.97. The van der Waals surface area contributed by atoms with Gasteiger partial charge in [0.1, 0.15) is 0 Å². The Morgan fingerprint density at radius 3 is 2.41 bits per heavy atom. The predicted molar refractivity (Wildman–Crippen MR) is 73.8 cm³/mol. The lowest BCUT2D eigenvalue weighted by atomic mass is 10.2. The van der Waals surface area contributed by atoms with E-state index in [2.05, 4.69) is 20.8 Å². The SMILES string of the molecule is CN(C)CCN(C)c1ccc(CN)c(Br)c1F. The minimum Gasteiger partial charge on any atom is -0.371 e. The summed E-state index contributed by atoms with van der Waals surface area (Å²) in [6, 6.07) is 3.63. The van der Waals surface area contributed by atoms with Gasteiger partial charge in [-0.1, -0.05) is 6.07 Å². The first-order valence-corrected chi connectivity index (χ1v) is 6.29. The fourth-order valence-electron chi connectivity index (χ4n) is 1.50. The standard InChI is InChI=1S/C12H19BrFN3/c1-16(2)6-7-17(3)10-5-4-9(8-15)11(13)12(10)14/h4-5H,6-8,15H2,1-3H3. The zero-order chi connectivity index (χ0) is 13.0. The van der Waals surface area contributed by atoms with Crippen LogP contribution in [0.15, 0.2) is 16.6 Å². The zero-order valence-electron chi connectivity index (χ0n) is 10.5. The Morgan fingerprint density at radius 1 is 1.24 bits per heavy atom. The molecule has 0 heterocycles. The van der Waals surface area contributed by atoms with Gasteiger partial charge in [0.15, 0.2) is 5.82 Å². The quantitative estimate of drug-likeness (QED) is 0.903. The van der Waals surface area contributed by atoms with E-state index < -0.39 is 0 Å². The molecular formula is C12H19BrFN3. The average molecular weight is 304 g/mol. The summed E-state index contributed by atoms with van der Waals surface area (Å²) in [5.41, 5.74) is 6.91. The third-order valence-electron chi connectivity index (χ3n) is 2.66. The summed E-state index contributed by atoms with van der Waals surface area (Å²) in [6.45, 7) is 1.99. The minimum atomic E-state index is -0.241. The Hall–Kier alpha value is -0.650. The predicted octanol–water partition coefficient (Wildman–Crippen LogP) is 2.04. The summed E-state index contributed by atoms with van der Waals surface area (Å²) in [4.78, 5) is 3.97. The maximum absolute atomic E-state index is 14.1. The third kappa shape index (κ3) is 3.66. The Kier molecular flexibility index (Phi) is 5.36. The molecular weight excluding hydrogens is 285 g/mol. The number of halogens is 2. The van der Waals surface area contributed by atoms with Gasteiger partial charge in [0.05, 0.1) is 10.2 Å². The molecule has 0 radical (unpaired) electrons. The fraction of sp³-hybridized carbons (Fsp3) is 0.500. The molecule has 1 aromatic rings. The van der Waals surface area contributed by atoms with Crippen molar-refractivity contribution >= 4 is 21.6 Å². The molecule has 0 unspecified atom stereocenters. The van der Waals surface area contributed by atoms with Gasteiger partial charge in [0, 0.05) is 26.7 Å². The van der Waals surface area contributed by atoms with Gasteiger partial charge in [-0.2, -0.15) is 0 Å². The Morgan fingerprint density at radius 2 is 1.88 bits per heavy atom. The number of hydrogen-bond acceptors (Lipinski definition) is 3. The van der Waals surface area contributed by atoms with Crippen LogP contribution < -0.4 is 10.6 Å². The number of benzene rings is 1. The molecule has 0 saturated carbocycles. The molecule has 1 aromatic carbocycles. The molecule has 0 fully saturated rings. The Balaban J connectivity index is 2.87. The molecule has 0 aromatic heterocycles. The Bertz CT molecular complexity index is 382. The van der Waals surface area contributed by atoms with E-state index in [-0.39, 0.29) is 5.82 Å². The molecule has 17 heavy (non-hydrogen) atoms. The number of hydrogen-bond donors (Lipinski definition) is 1. The number of rotatable bonds is 5. The van der Waals surface area contributed by atoms with E-state index in [1.165, 1.54) is 0 Å². The van der Waals surface area contributed by atoms with E-state index in [9.17, 15) is 4.39 Å². The van der Waals surface area contributed by atoms with Crippen LogP contribution >= 0.6 is 15.9 Å². The Labute approximate surface area is 111 Å². The first kappa shape index (κ1) is 14.4. The van der Waals surface area contributed by atoms with Gasteiger partial charge in [-0.05, 0) is 41.7 Å². The summed E-state index contributed by atoms with van der Waals surface area (Å²) in [5, 5.41) is 0. The average Bonchev–Trinajstić information content (AvgIpc) is 2.29. The van der Waals surface area contributed by atoms with Gasteiger partial charge in [-0.3, -0.25) is 0 Å². The van der Waals surface area contributed by atoms with Crippen molar-refractivity contribution in [3.63, 3.8) is 0 Å². The molecule has 1 rings (SSSR count). The lowest BCUT2D eigenvalue weighted by Crippen LogP contribution is -2.29. The van der Waals surface area contributed by atoms with Crippen molar-refractivity contribution in [2.75, 3.05) is 39.1 Å². The van der Waals surface area contributed by atoms with E-state index in [1.54, 1.807) is 6.07 Å². The van der Waals surface area contributed by atoms with Crippen LogP contribution in [0.2, 0.25) is 0 Å². The zero-order valence-corrected chi connectivity index (χ0v) is 12.1. The van der Waals surface area contributed by atoms with Crippen LogP contribution in [0.5, 0.6) is 0 Å². The van der Waals surface area contributed by atoms with Crippen LogP contribution in [0.3, 0.4) is 0 Å². The van der Waals surface area contributed by atoms with Crippen molar-refractivity contribution in [3.05, 3.63) is 28.0 Å². The van der Waals surface area contributed by atoms with Crippen LogP contribution in [0, 0.1) is 5.82 Å². The first-order valence-electron chi connectivity index (χ1n) is 5.50. The molecule has 0 saturated heterocycles. The highest BCUT2D eigenvalue weighted by Crippen LogP contribution is 2.28. The molecule has 0 amide bonds. The highest BCUT2D eigenvalue weighted by atomic mass is 79.9. The lowest BCUT2D eigenvalue weighted by molar-refractivity contribution is 0.415. The molecule has 0 spiro atoms. The van der Waals surface area contributed by atoms with Crippen molar-refractivity contribution in [1.29, 1.82) is 0 Å². The molecule has 0 aliphatic carbocycles. The largest absolute Gasteiger partial charge is 0.371 e. The van der Waals surface area contributed by atoms with E-state index in [4.69, 9.17) is 5.73 Å². The molecule has 5 heteroatoms. The molecule has 2 N–H and O–H groups in total. The maximum Gasteiger partial charge on any atom is 0.160 e. The van der Waals surface area contributed by atoms with Crippen LogP contribution in [0.1, 0.15) is 5.56 Å². The number of nitrogens with zero attached hydrogens (tertiary/aromatic N) is 2. The number of anilines is 1. The molecule has 0 bridgehead atoms. The summed E-state index contributed by atoms with van der Waals surface area (Å²) < 4.78 is 14.5. The fourth-order valence-corrected chi connectivity index (χ4v) is 2.00. The second-order valence-electron chi connectivity index (χ2n) is 4.30.